The van der Waals surface area contributed by atoms with Crippen LogP contribution in [0.3, 0.4) is 0 Å². The van der Waals surface area contributed by atoms with Gasteiger partial charge < -0.3 is 19.5 Å². The fourth-order valence-electron chi connectivity index (χ4n) is 2.45. The number of methoxy groups -OCH3 is 2. The topological polar surface area (TPSA) is 59.0 Å². The highest BCUT2D eigenvalue weighted by Gasteiger charge is 2.29. The van der Waals surface area contributed by atoms with Crippen molar-refractivity contribution < 1.29 is 19.4 Å². The number of halogens is 1. The Balaban J connectivity index is 2.34. The molecular formula is C14H18BrNO4. The minimum atomic E-state index is -0.106. The largest absolute Gasteiger partial charge is 0.495 e. The highest BCUT2D eigenvalue weighted by molar-refractivity contribution is 9.10. The molecule has 1 aromatic rings. The van der Waals surface area contributed by atoms with E-state index in [9.17, 15) is 9.90 Å². The van der Waals surface area contributed by atoms with Crippen LogP contribution in [0.4, 0.5) is 0 Å². The number of likely N-dealkylation sites (tertiary alicyclic amines) is 1. The number of nitrogens with zero attached hydrogens (tertiary/aromatic N) is 1. The van der Waals surface area contributed by atoms with E-state index >= 15 is 0 Å². The molecule has 1 saturated heterocycles. The summed E-state index contributed by atoms with van der Waals surface area (Å²) in [4.78, 5) is 14.3. The second kappa shape index (κ2) is 6.45. The van der Waals surface area contributed by atoms with Gasteiger partial charge >= 0.3 is 0 Å². The molecule has 0 aromatic heterocycles. The van der Waals surface area contributed by atoms with Crippen molar-refractivity contribution in [2.75, 3.05) is 27.4 Å². The highest BCUT2D eigenvalue weighted by Crippen LogP contribution is 2.36. The average Bonchev–Trinajstić information content (AvgIpc) is 2.95. The second-order valence-corrected chi connectivity index (χ2v) is 5.46. The number of benzene rings is 1. The summed E-state index contributed by atoms with van der Waals surface area (Å²) in [6, 6.07) is 3.27. The maximum absolute atomic E-state index is 12.6. The zero-order chi connectivity index (χ0) is 14.7. The number of rotatable bonds is 4. The van der Waals surface area contributed by atoms with E-state index < -0.39 is 0 Å². The Morgan fingerprint density at radius 3 is 2.50 bits per heavy atom. The molecule has 1 N–H and O–H groups in total. The first kappa shape index (κ1) is 15.1. The first-order chi connectivity index (χ1) is 9.62. The number of carbonyl (C=O) groups excluding carboxylic acids is 1. The summed E-state index contributed by atoms with van der Waals surface area (Å²) in [5.74, 6) is 0.991. The van der Waals surface area contributed by atoms with Crippen molar-refractivity contribution in [2.24, 2.45) is 0 Å². The minimum Gasteiger partial charge on any atom is -0.495 e. The smallest absolute Gasteiger partial charge is 0.254 e. The molecule has 0 saturated carbocycles. The van der Waals surface area contributed by atoms with Gasteiger partial charge in [-0.15, -0.1) is 0 Å². The van der Waals surface area contributed by atoms with Gasteiger partial charge in [-0.2, -0.15) is 0 Å². The van der Waals surface area contributed by atoms with Gasteiger partial charge in [0.2, 0.25) is 0 Å². The van der Waals surface area contributed by atoms with Gasteiger partial charge in [-0.3, -0.25) is 4.79 Å². The Labute approximate surface area is 126 Å². The monoisotopic (exact) mass is 343 g/mol. The van der Waals surface area contributed by atoms with E-state index in [1.165, 1.54) is 0 Å². The number of hydrogen-bond donors (Lipinski definition) is 1. The van der Waals surface area contributed by atoms with Crippen LogP contribution in [-0.2, 0) is 0 Å². The highest BCUT2D eigenvalue weighted by atomic mass is 79.9. The fourth-order valence-corrected chi connectivity index (χ4v) is 3.00. The van der Waals surface area contributed by atoms with E-state index in [1.807, 2.05) is 0 Å². The molecule has 2 rings (SSSR count). The van der Waals surface area contributed by atoms with Crippen molar-refractivity contribution >= 4 is 21.8 Å². The van der Waals surface area contributed by atoms with Gasteiger partial charge in [0.1, 0.15) is 16.0 Å². The average molecular weight is 344 g/mol. The predicted octanol–water partition coefficient (Wildman–Crippen LogP) is 2.06. The molecule has 1 amide bonds. The van der Waals surface area contributed by atoms with E-state index in [2.05, 4.69) is 15.9 Å². The summed E-state index contributed by atoms with van der Waals surface area (Å²) in [7, 11) is 3.08. The molecule has 0 aliphatic carbocycles. The van der Waals surface area contributed by atoms with Gasteiger partial charge in [-0.25, -0.2) is 0 Å². The first-order valence-electron chi connectivity index (χ1n) is 6.45. The number of hydrogen-bond acceptors (Lipinski definition) is 4. The minimum absolute atomic E-state index is 0.00343. The number of ether oxygens (including phenoxy) is 2. The Bertz CT molecular complexity index is 481. The van der Waals surface area contributed by atoms with Crippen molar-refractivity contribution in [3.63, 3.8) is 0 Å². The normalized spacial score (nSPS) is 18.2. The third kappa shape index (κ3) is 2.76. The van der Waals surface area contributed by atoms with Crippen molar-refractivity contribution in [3.8, 4) is 11.5 Å². The number of aliphatic hydroxyl groups excluding tert-OH is 1. The van der Waals surface area contributed by atoms with E-state index in [0.717, 1.165) is 12.8 Å². The lowest BCUT2D eigenvalue weighted by molar-refractivity contribution is 0.0677. The molecule has 1 heterocycles. The molecule has 6 heteroatoms. The van der Waals surface area contributed by atoms with Gasteiger partial charge in [0.15, 0.2) is 0 Å². The summed E-state index contributed by atoms with van der Waals surface area (Å²) in [5.41, 5.74) is 0.502. The Kier molecular flexibility index (Phi) is 4.88. The molecule has 0 radical (unpaired) electrons. The summed E-state index contributed by atoms with van der Waals surface area (Å²) in [6.07, 6.45) is 1.76. The maximum atomic E-state index is 12.6. The number of aliphatic hydroxyl groups is 1. The van der Waals surface area contributed by atoms with Gasteiger partial charge in [0, 0.05) is 12.1 Å². The van der Waals surface area contributed by atoms with Crippen LogP contribution in [0, 0.1) is 0 Å². The van der Waals surface area contributed by atoms with Gasteiger partial charge in [-0.05, 0) is 40.9 Å². The Morgan fingerprint density at radius 2 is 2.00 bits per heavy atom. The van der Waals surface area contributed by atoms with Gasteiger partial charge in [0.05, 0.1) is 26.9 Å². The lowest BCUT2D eigenvalue weighted by Gasteiger charge is -2.23. The summed E-state index contributed by atoms with van der Waals surface area (Å²) < 4.78 is 11.2. The van der Waals surface area contributed by atoms with Crippen LogP contribution in [-0.4, -0.2) is 49.3 Å². The quantitative estimate of drug-likeness (QED) is 0.909. The van der Waals surface area contributed by atoms with Crippen LogP contribution in [0.15, 0.2) is 16.6 Å². The van der Waals surface area contributed by atoms with Crippen LogP contribution in [0.5, 0.6) is 11.5 Å². The fraction of sp³-hybridized carbons (Fsp3) is 0.500. The van der Waals surface area contributed by atoms with Crippen molar-refractivity contribution in [1.82, 2.24) is 4.90 Å². The molecule has 0 spiro atoms. The van der Waals surface area contributed by atoms with Gasteiger partial charge in [-0.1, -0.05) is 0 Å². The molecule has 1 atom stereocenters. The lowest BCUT2D eigenvalue weighted by Crippen LogP contribution is -2.37. The summed E-state index contributed by atoms with van der Waals surface area (Å²) in [6.45, 7) is 0.668. The third-order valence-corrected chi connectivity index (χ3v) is 4.32. The second-order valence-electron chi connectivity index (χ2n) is 4.67. The van der Waals surface area contributed by atoms with Crippen LogP contribution >= 0.6 is 15.9 Å². The van der Waals surface area contributed by atoms with E-state index in [4.69, 9.17) is 9.47 Å². The molecule has 1 aliphatic heterocycles. The van der Waals surface area contributed by atoms with E-state index in [1.54, 1.807) is 31.3 Å². The standard InChI is InChI=1S/C14H18BrNO4/c1-19-11-6-9(7-12(20-2)13(11)15)14(18)16-5-3-4-10(16)8-17/h6-7,10,17H,3-5,8H2,1-2H3/t10-/m0/s1. The maximum Gasteiger partial charge on any atom is 0.254 e. The SMILES string of the molecule is COc1cc(C(=O)N2CCC[C@H]2CO)cc(OC)c1Br. The summed E-state index contributed by atoms with van der Waals surface area (Å²) in [5, 5.41) is 9.33. The summed E-state index contributed by atoms with van der Waals surface area (Å²) >= 11 is 3.38. The number of carbonyl (C=O) groups is 1. The third-order valence-electron chi connectivity index (χ3n) is 3.54. The zero-order valence-electron chi connectivity index (χ0n) is 11.6. The Hall–Kier alpha value is -1.27. The molecule has 1 fully saturated rings. The van der Waals surface area contributed by atoms with Crippen molar-refractivity contribution in [1.29, 1.82) is 0 Å². The lowest BCUT2D eigenvalue weighted by atomic mass is 10.1. The molecule has 1 aliphatic rings. The molecule has 0 bridgehead atoms. The van der Waals surface area contributed by atoms with Crippen molar-refractivity contribution in [2.45, 2.75) is 18.9 Å². The van der Waals surface area contributed by atoms with Crippen LogP contribution in [0.2, 0.25) is 0 Å². The molecule has 20 heavy (non-hydrogen) atoms. The van der Waals surface area contributed by atoms with Crippen molar-refractivity contribution in [3.05, 3.63) is 22.2 Å². The van der Waals surface area contributed by atoms with E-state index in [0.29, 0.717) is 28.1 Å². The van der Waals surface area contributed by atoms with Crippen LogP contribution < -0.4 is 9.47 Å². The molecular weight excluding hydrogens is 326 g/mol. The van der Waals surface area contributed by atoms with Crippen LogP contribution in [0.1, 0.15) is 23.2 Å². The Morgan fingerprint density at radius 1 is 1.40 bits per heavy atom. The molecule has 1 aromatic carbocycles. The zero-order valence-corrected chi connectivity index (χ0v) is 13.1. The van der Waals surface area contributed by atoms with E-state index in [-0.39, 0.29) is 18.6 Å². The number of amides is 1. The molecule has 110 valence electrons. The first-order valence-corrected chi connectivity index (χ1v) is 7.25. The molecule has 5 nitrogen and oxygen atoms in total. The van der Waals surface area contributed by atoms with Crippen LogP contribution in [0.25, 0.3) is 0 Å². The predicted molar refractivity (Wildman–Crippen MR) is 78.4 cm³/mol. The van der Waals surface area contributed by atoms with Gasteiger partial charge in [0.25, 0.3) is 5.91 Å². The molecule has 0 unspecified atom stereocenters.